The van der Waals surface area contributed by atoms with Crippen LogP contribution < -0.4 is 5.32 Å². The molecule has 0 atom stereocenters. The number of hydrogen-bond donors (Lipinski definition) is 2. The number of alkyl carbamates (subject to hydrolysis) is 1. The van der Waals surface area contributed by atoms with E-state index in [-0.39, 0.29) is 22.8 Å². The van der Waals surface area contributed by atoms with E-state index in [2.05, 4.69) is 22.1 Å². The first-order valence-corrected chi connectivity index (χ1v) is 6.41. The first kappa shape index (κ1) is 16.8. The number of aromatic carboxylic acids is 1. The number of pyridine rings is 1. The van der Waals surface area contributed by atoms with E-state index in [0.29, 0.717) is 0 Å². The Morgan fingerprint density at radius 2 is 2.14 bits per heavy atom. The Kier molecular flexibility index (Phi) is 5.56. The van der Waals surface area contributed by atoms with Crippen LogP contribution in [0.4, 0.5) is 4.79 Å². The maximum absolute atomic E-state index is 11.4. The molecular formula is C14H15ClN2O4. The molecule has 0 aromatic carbocycles. The zero-order valence-electron chi connectivity index (χ0n) is 11.9. The highest BCUT2D eigenvalue weighted by Crippen LogP contribution is 2.13. The molecule has 0 saturated heterocycles. The van der Waals surface area contributed by atoms with Crippen molar-refractivity contribution in [2.45, 2.75) is 26.4 Å². The summed E-state index contributed by atoms with van der Waals surface area (Å²) in [5.41, 5.74) is -0.313. The smallest absolute Gasteiger partial charge is 0.408 e. The van der Waals surface area contributed by atoms with E-state index < -0.39 is 17.7 Å². The highest BCUT2D eigenvalue weighted by Gasteiger charge is 2.15. The fourth-order valence-corrected chi connectivity index (χ4v) is 1.37. The van der Waals surface area contributed by atoms with Crippen LogP contribution >= 0.6 is 11.6 Å². The number of halogens is 1. The summed E-state index contributed by atoms with van der Waals surface area (Å²) in [6.45, 7) is 5.30. The second-order valence-corrected chi connectivity index (χ2v) is 5.38. The molecular weight excluding hydrogens is 296 g/mol. The van der Waals surface area contributed by atoms with Crippen molar-refractivity contribution in [2.24, 2.45) is 0 Å². The summed E-state index contributed by atoms with van der Waals surface area (Å²) in [5.74, 6) is 4.18. The van der Waals surface area contributed by atoms with Crippen molar-refractivity contribution in [3.8, 4) is 11.8 Å². The van der Waals surface area contributed by atoms with Crippen molar-refractivity contribution >= 4 is 23.7 Å². The molecule has 0 spiro atoms. The number of carbonyl (C=O) groups is 2. The molecule has 6 nitrogen and oxygen atoms in total. The molecule has 0 radical (unpaired) electrons. The van der Waals surface area contributed by atoms with Crippen LogP contribution in [0.3, 0.4) is 0 Å². The van der Waals surface area contributed by atoms with E-state index in [9.17, 15) is 9.59 Å². The first-order chi connectivity index (χ1) is 9.69. The van der Waals surface area contributed by atoms with Gasteiger partial charge in [0, 0.05) is 6.20 Å². The topological polar surface area (TPSA) is 88.5 Å². The van der Waals surface area contributed by atoms with Crippen molar-refractivity contribution in [2.75, 3.05) is 6.54 Å². The number of amides is 1. The van der Waals surface area contributed by atoms with Crippen LogP contribution in [0.25, 0.3) is 0 Å². The number of nitrogens with one attached hydrogen (secondary N) is 1. The van der Waals surface area contributed by atoms with Crippen LogP contribution in [0, 0.1) is 11.8 Å². The molecule has 2 N–H and O–H groups in total. The van der Waals surface area contributed by atoms with Crippen molar-refractivity contribution in [1.29, 1.82) is 0 Å². The zero-order valence-corrected chi connectivity index (χ0v) is 12.6. The van der Waals surface area contributed by atoms with E-state index in [1.165, 1.54) is 6.07 Å². The van der Waals surface area contributed by atoms with Gasteiger partial charge < -0.3 is 15.2 Å². The van der Waals surface area contributed by atoms with Gasteiger partial charge in [0.15, 0.2) is 0 Å². The Morgan fingerprint density at radius 3 is 2.71 bits per heavy atom. The summed E-state index contributed by atoms with van der Waals surface area (Å²) in [6.07, 6.45) is 0.565. The number of hydrogen-bond acceptors (Lipinski definition) is 4. The van der Waals surface area contributed by atoms with E-state index in [1.807, 2.05) is 0 Å². The van der Waals surface area contributed by atoms with Gasteiger partial charge in [-0.15, -0.1) is 0 Å². The lowest BCUT2D eigenvalue weighted by Crippen LogP contribution is -2.32. The van der Waals surface area contributed by atoms with Gasteiger partial charge in [0.05, 0.1) is 17.7 Å². The number of carboxylic acids is 1. The molecule has 21 heavy (non-hydrogen) atoms. The normalized spacial score (nSPS) is 10.3. The van der Waals surface area contributed by atoms with Crippen molar-refractivity contribution in [3.05, 3.63) is 28.5 Å². The minimum absolute atomic E-state index is 0.0104. The summed E-state index contributed by atoms with van der Waals surface area (Å²) in [5, 5.41) is 11.4. The first-order valence-electron chi connectivity index (χ1n) is 6.03. The zero-order chi connectivity index (χ0) is 16.0. The molecule has 0 fully saturated rings. The predicted octanol–water partition coefficient (Wildman–Crippen LogP) is 2.31. The number of carbonyl (C=O) groups excluding carboxylic acids is 1. The third-order valence-electron chi connectivity index (χ3n) is 2.03. The molecule has 0 unspecified atom stereocenters. The van der Waals surface area contributed by atoms with Crippen LogP contribution in [0.1, 0.15) is 36.7 Å². The molecule has 0 bridgehead atoms. The quantitative estimate of drug-likeness (QED) is 0.646. The molecule has 1 rings (SSSR count). The Hall–Kier alpha value is -2.26. The number of ether oxygens (including phenoxy) is 1. The lowest BCUT2D eigenvalue weighted by atomic mass is 10.2. The van der Waals surface area contributed by atoms with Crippen LogP contribution in [0.15, 0.2) is 12.3 Å². The van der Waals surface area contributed by atoms with Gasteiger partial charge in [-0.25, -0.2) is 14.6 Å². The minimum Gasteiger partial charge on any atom is -0.478 e. The summed E-state index contributed by atoms with van der Waals surface area (Å²) in [6, 6.07) is 1.32. The Bertz CT molecular complexity index is 612. The highest BCUT2D eigenvalue weighted by atomic mass is 35.5. The molecule has 0 saturated carbocycles. The van der Waals surface area contributed by atoms with E-state index in [1.54, 1.807) is 20.8 Å². The van der Waals surface area contributed by atoms with Crippen molar-refractivity contribution in [1.82, 2.24) is 10.3 Å². The second kappa shape index (κ2) is 6.95. The minimum atomic E-state index is -1.12. The van der Waals surface area contributed by atoms with Crippen molar-refractivity contribution in [3.63, 3.8) is 0 Å². The van der Waals surface area contributed by atoms with Gasteiger partial charge in [0.2, 0.25) is 0 Å². The van der Waals surface area contributed by atoms with Gasteiger partial charge in [-0.1, -0.05) is 23.4 Å². The Balaban J connectivity index is 2.65. The number of carboxylic acid groups (broad SMARTS) is 1. The molecule has 7 heteroatoms. The molecule has 1 heterocycles. The number of rotatable bonds is 2. The molecule has 0 aliphatic carbocycles. The molecule has 0 aliphatic heterocycles. The highest BCUT2D eigenvalue weighted by molar-refractivity contribution is 6.30. The SMILES string of the molecule is CC(C)(C)OC(=O)NCC#Cc1cc(C(=O)O)cnc1Cl. The van der Waals surface area contributed by atoms with Crippen LogP contribution in [-0.4, -0.2) is 34.3 Å². The van der Waals surface area contributed by atoms with Gasteiger partial charge in [-0.3, -0.25) is 0 Å². The van der Waals surface area contributed by atoms with Gasteiger partial charge in [-0.05, 0) is 26.8 Å². The molecule has 1 amide bonds. The van der Waals surface area contributed by atoms with Gasteiger partial charge in [-0.2, -0.15) is 0 Å². The standard InChI is InChI=1S/C14H15ClN2O4/c1-14(2,3)21-13(20)16-6-4-5-9-7-10(12(18)19)8-17-11(9)15/h7-8H,6H2,1-3H3,(H,16,20)(H,18,19). The van der Waals surface area contributed by atoms with Gasteiger partial charge >= 0.3 is 12.1 Å². The van der Waals surface area contributed by atoms with Crippen LogP contribution in [-0.2, 0) is 4.74 Å². The average molecular weight is 311 g/mol. The maximum atomic E-state index is 11.4. The Labute approximate surface area is 127 Å². The summed E-state index contributed by atoms with van der Waals surface area (Å²) >= 11 is 5.81. The summed E-state index contributed by atoms with van der Waals surface area (Å²) in [4.78, 5) is 25.9. The van der Waals surface area contributed by atoms with Gasteiger partial charge in [0.1, 0.15) is 10.8 Å². The van der Waals surface area contributed by atoms with Gasteiger partial charge in [0.25, 0.3) is 0 Å². The molecule has 1 aromatic heterocycles. The van der Waals surface area contributed by atoms with Crippen molar-refractivity contribution < 1.29 is 19.4 Å². The molecule has 112 valence electrons. The fraction of sp³-hybridized carbons (Fsp3) is 0.357. The monoisotopic (exact) mass is 310 g/mol. The number of aromatic nitrogens is 1. The van der Waals surface area contributed by atoms with E-state index >= 15 is 0 Å². The summed E-state index contributed by atoms with van der Waals surface area (Å²) in [7, 11) is 0. The molecule has 0 aliphatic rings. The third kappa shape index (κ3) is 6.15. The largest absolute Gasteiger partial charge is 0.478 e. The van der Waals surface area contributed by atoms with E-state index in [0.717, 1.165) is 6.20 Å². The maximum Gasteiger partial charge on any atom is 0.408 e. The average Bonchev–Trinajstić information content (AvgIpc) is 2.34. The van der Waals surface area contributed by atoms with Crippen LogP contribution in [0.2, 0.25) is 5.15 Å². The van der Waals surface area contributed by atoms with E-state index in [4.69, 9.17) is 21.4 Å². The summed E-state index contributed by atoms with van der Waals surface area (Å²) < 4.78 is 5.03. The second-order valence-electron chi connectivity index (χ2n) is 5.02. The third-order valence-corrected chi connectivity index (χ3v) is 2.33. The lowest BCUT2D eigenvalue weighted by Gasteiger charge is -2.18. The number of nitrogens with zero attached hydrogens (tertiary/aromatic N) is 1. The molecule has 1 aromatic rings. The predicted molar refractivity (Wildman–Crippen MR) is 77.3 cm³/mol. The van der Waals surface area contributed by atoms with Crippen LogP contribution in [0.5, 0.6) is 0 Å². The Morgan fingerprint density at radius 1 is 1.48 bits per heavy atom. The lowest BCUT2D eigenvalue weighted by molar-refractivity contribution is 0.0534. The fourth-order valence-electron chi connectivity index (χ4n) is 1.22.